The fraction of sp³-hybridized carbons (Fsp3) is 0.174. The van der Waals surface area contributed by atoms with Crippen molar-refractivity contribution in [3.05, 3.63) is 144 Å². The van der Waals surface area contributed by atoms with Crippen molar-refractivity contribution in [1.29, 1.82) is 10.5 Å². The van der Waals surface area contributed by atoms with E-state index in [2.05, 4.69) is 154 Å². The fourth-order valence-electron chi connectivity index (χ4n) is 7.46. The summed E-state index contributed by atoms with van der Waals surface area (Å²) in [5.74, 6) is 0. The normalized spacial score (nSPS) is 12.2. The van der Waals surface area contributed by atoms with Gasteiger partial charge in [-0.3, -0.25) is 0 Å². The van der Waals surface area contributed by atoms with Gasteiger partial charge < -0.3 is 9.13 Å². The number of nitrogens with zero attached hydrogens (tertiary/aromatic N) is 4. The summed E-state index contributed by atoms with van der Waals surface area (Å²) in [5, 5.41) is 25.3. The number of rotatable bonds is 3. The van der Waals surface area contributed by atoms with Gasteiger partial charge in [-0.2, -0.15) is 10.5 Å². The largest absolute Gasteiger partial charge is 0.308 e. The second kappa shape index (κ2) is 11.2. The zero-order valence-corrected chi connectivity index (χ0v) is 29.3. The summed E-state index contributed by atoms with van der Waals surface area (Å²) in [6, 6.07) is 47.3. The van der Waals surface area contributed by atoms with Crippen molar-refractivity contribution in [3.63, 3.8) is 0 Å². The molecule has 2 heterocycles. The average Bonchev–Trinajstić information content (AvgIpc) is 3.62. The van der Waals surface area contributed by atoms with E-state index in [-0.39, 0.29) is 10.8 Å². The smallest absolute Gasteiger partial charge is 0.0993 e. The number of hydrogen-bond acceptors (Lipinski definition) is 2. The summed E-state index contributed by atoms with van der Waals surface area (Å²) < 4.78 is 4.65. The van der Waals surface area contributed by atoms with Crippen LogP contribution in [0.4, 0.5) is 0 Å². The molecule has 0 aliphatic rings. The highest BCUT2D eigenvalue weighted by molar-refractivity contribution is 6.12. The van der Waals surface area contributed by atoms with Crippen LogP contribution >= 0.6 is 0 Å². The van der Waals surface area contributed by atoms with Crippen LogP contribution in [0.5, 0.6) is 0 Å². The minimum absolute atomic E-state index is 0.0627. The second-order valence-electron chi connectivity index (χ2n) is 15.4. The van der Waals surface area contributed by atoms with Crippen molar-refractivity contribution in [3.8, 4) is 34.6 Å². The summed E-state index contributed by atoms with van der Waals surface area (Å²) in [5.41, 5.74) is 11.4. The molecule has 0 amide bonds. The van der Waals surface area contributed by atoms with Gasteiger partial charge in [0.25, 0.3) is 0 Å². The number of nitriles is 2. The Morgan fingerprint density at radius 2 is 0.900 bits per heavy atom. The van der Waals surface area contributed by atoms with E-state index in [0.717, 1.165) is 66.1 Å². The molecule has 8 rings (SSSR count). The molecule has 4 nitrogen and oxygen atoms in total. The number of aromatic nitrogens is 2. The molecule has 8 aromatic rings. The number of para-hydroxylation sites is 2. The molecule has 0 atom stereocenters. The Bertz CT molecular complexity index is 2590. The quantitative estimate of drug-likeness (QED) is 0.192. The maximum absolute atomic E-state index is 10.7. The minimum Gasteiger partial charge on any atom is -0.308 e. The van der Waals surface area contributed by atoms with E-state index in [1.807, 2.05) is 30.3 Å². The minimum atomic E-state index is -0.0627. The van der Waals surface area contributed by atoms with Crippen LogP contribution in [-0.4, -0.2) is 9.13 Å². The third-order valence-electron chi connectivity index (χ3n) is 10.1. The molecule has 0 bridgehead atoms. The molecule has 0 saturated heterocycles. The second-order valence-corrected chi connectivity index (χ2v) is 15.4. The molecule has 0 saturated carbocycles. The number of hydrogen-bond donors (Lipinski definition) is 0. The highest BCUT2D eigenvalue weighted by Crippen LogP contribution is 2.44. The highest BCUT2D eigenvalue weighted by Gasteiger charge is 2.25. The van der Waals surface area contributed by atoms with E-state index >= 15 is 0 Å². The SMILES string of the molecule is CC(C)(C)c1ccc2c3ccccc3n(-c3cc(C#N)cc(-n4c5ccccc5c5ccc(C(C)(C)C)cc54)c3-c3cccc(C#N)c3)c2c1. The van der Waals surface area contributed by atoms with Crippen LogP contribution in [0.25, 0.3) is 66.1 Å². The van der Waals surface area contributed by atoms with Crippen molar-refractivity contribution in [2.75, 3.05) is 0 Å². The van der Waals surface area contributed by atoms with Crippen LogP contribution in [0.3, 0.4) is 0 Å². The van der Waals surface area contributed by atoms with Crippen LogP contribution in [0.2, 0.25) is 0 Å². The van der Waals surface area contributed by atoms with Crippen LogP contribution in [0, 0.1) is 22.7 Å². The van der Waals surface area contributed by atoms with Crippen LogP contribution < -0.4 is 0 Å². The lowest BCUT2D eigenvalue weighted by Gasteiger charge is -2.23. The number of fused-ring (bicyclic) bond motifs is 6. The Morgan fingerprint density at radius 1 is 0.440 bits per heavy atom. The van der Waals surface area contributed by atoms with Crippen molar-refractivity contribution >= 4 is 43.6 Å². The Labute approximate surface area is 293 Å². The molecule has 0 spiro atoms. The predicted molar refractivity (Wildman–Crippen MR) is 207 cm³/mol. The fourth-order valence-corrected chi connectivity index (χ4v) is 7.46. The molecule has 0 radical (unpaired) electrons. The summed E-state index contributed by atoms with van der Waals surface area (Å²) >= 11 is 0. The first kappa shape index (κ1) is 31.2. The lowest BCUT2D eigenvalue weighted by molar-refractivity contribution is 0.590. The van der Waals surface area contributed by atoms with Gasteiger partial charge in [0.1, 0.15) is 0 Å². The van der Waals surface area contributed by atoms with Gasteiger partial charge in [0.05, 0.1) is 56.7 Å². The Kier molecular flexibility index (Phi) is 7.00. The van der Waals surface area contributed by atoms with E-state index in [1.165, 1.54) is 11.1 Å². The van der Waals surface area contributed by atoms with Gasteiger partial charge in [-0.05, 0) is 76.1 Å². The predicted octanol–water partition coefficient (Wildman–Crippen LogP) is 11.9. The lowest BCUT2D eigenvalue weighted by Crippen LogP contribution is -2.11. The molecular weight excluding hydrogens is 609 g/mol. The van der Waals surface area contributed by atoms with Gasteiger partial charge >= 0.3 is 0 Å². The molecule has 242 valence electrons. The zero-order valence-electron chi connectivity index (χ0n) is 29.3. The van der Waals surface area contributed by atoms with Crippen molar-refractivity contribution in [2.45, 2.75) is 52.4 Å². The van der Waals surface area contributed by atoms with Crippen LogP contribution in [0.1, 0.15) is 63.8 Å². The standard InChI is InChI=1S/C46H38N4/c1-45(2,3)32-18-20-36-34-14-7-9-16-38(34)49(40(36)25-32)42-23-30(28-48)24-43(44(42)31-13-11-12-29(22-31)27-47)50-39-17-10-8-15-35(39)37-21-19-33(26-41(37)50)46(4,5)6/h7-26H,1-6H3. The Morgan fingerprint density at radius 3 is 1.36 bits per heavy atom. The number of benzene rings is 6. The first-order valence-corrected chi connectivity index (χ1v) is 17.1. The van der Waals surface area contributed by atoms with Gasteiger partial charge in [0.15, 0.2) is 0 Å². The molecule has 0 aliphatic heterocycles. The third-order valence-corrected chi connectivity index (χ3v) is 10.1. The highest BCUT2D eigenvalue weighted by atomic mass is 15.0. The zero-order chi connectivity index (χ0) is 34.9. The maximum Gasteiger partial charge on any atom is 0.0993 e. The first-order valence-electron chi connectivity index (χ1n) is 17.1. The molecule has 0 N–H and O–H groups in total. The molecular formula is C46H38N4. The molecule has 2 aromatic heterocycles. The lowest BCUT2D eigenvalue weighted by atomic mass is 9.86. The molecule has 0 unspecified atom stereocenters. The summed E-state index contributed by atoms with van der Waals surface area (Å²) in [7, 11) is 0. The first-order chi connectivity index (χ1) is 24.0. The van der Waals surface area contributed by atoms with Gasteiger partial charge in [0, 0.05) is 27.1 Å². The van der Waals surface area contributed by atoms with E-state index in [9.17, 15) is 10.5 Å². The van der Waals surface area contributed by atoms with Crippen molar-refractivity contribution < 1.29 is 0 Å². The summed E-state index contributed by atoms with van der Waals surface area (Å²) in [6.07, 6.45) is 0. The molecule has 50 heavy (non-hydrogen) atoms. The van der Waals surface area contributed by atoms with E-state index < -0.39 is 0 Å². The van der Waals surface area contributed by atoms with Crippen molar-refractivity contribution in [1.82, 2.24) is 9.13 Å². The summed E-state index contributed by atoms with van der Waals surface area (Å²) in [6.45, 7) is 13.4. The van der Waals surface area contributed by atoms with E-state index in [1.54, 1.807) is 0 Å². The molecule has 0 fully saturated rings. The maximum atomic E-state index is 10.7. The van der Waals surface area contributed by atoms with Gasteiger partial charge in [-0.25, -0.2) is 0 Å². The van der Waals surface area contributed by atoms with Crippen LogP contribution in [0.15, 0.2) is 121 Å². The van der Waals surface area contributed by atoms with E-state index in [0.29, 0.717) is 11.1 Å². The average molecular weight is 647 g/mol. The third kappa shape index (κ3) is 4.88. The van der Waals surface area contributed by atoms with Gasteiger partial charge in [0.2, 0.25) is 0 Å². The Balaban J connectivity index is 1.61. The summed E-state index contributed by atoms with van der Waals surface area (Å²) in [4.78, 5) is 0. The van der Waals surface area contributed by atoms with Crippen LogP contribution in [-0.2, 0) is 10.8 Å². The van der Waals surface area contributed by atoms with Crippen molar-refractivity contribution in [2.24, 2.45) is 0 Å². The molecule has 6 aromatic carbocycles. The molecule has 0 aliphatic carbocycles. The molecule has 4 heteroatoms. The van der Waals surface area contributed by atoms with E-state index in [4.69, 9.17) is 0 Å². The van der Waals surface area contributed by atoms with Gasteiger partial charge in [-0.1, -0.05) is 114 Å². The Hall–Kier alpha value is -6.10. The topological polar surface area (TPSA) is 57.4 Å². The van der Waals surface area contributed by atoms with Gasteiger partial charge in [-0.15, -0.1) is 0 Å². The monoisotopic (exact) mass is 646 g/mol.